The van der Waals surface area contributed by atoms with Gasteiger partial charge in [0.2, 0.25) is 6.39 Å². The van der Waals surface area contributed by atoms with Crippen LogP contribution in [0.25, 0.3) is 22.8 Å². The molecule has 0 saturated carbocycles. The SMILES string of the molecule is Cn1c(-c2ccc(N)cc2Cl)nnc1C(C)(C)Oc1ccc(Cl)cc1-c1nnco1. The zero-order valence-corrected chi connectivity index (χ0v) is 17.9. The number of aromatic nitrogens is 5. The Balaban J connectivity index is 1.72. The van der Waals surface area contributed by atoms with Crippen LogP contribution in [0.2, 0.25) is 10.0 Å². The van der Waals surface area contributed by atoms with E-state index in [1.807, 2.05) is 31.5 Å². The van der Waals surface area contributed by atoms with Crippen LogP contribution in [0.5, 0.6) is 5.75 Å². The lowest BCUT2D eigenvalue weighted by atomic mass is 10.1. The van der Waals surface area contributed by atoms with Gasteiger partial charge in [-0.2, -0.15) is 0 Å². The van der Waals surface area contributed by atoms with Crippen LogP contribution >= 0.6 is 23.2 Å². The zero-order valence-electron chi connectivity index (χ0n) is 16.4. The minimum atomic E-state index is -0.858. The van der Waals surface area contributed by atoms with Crippen LogP contribution < -0.4 is 10.5 Å². The molecule has 30 heavy (non-hydrogen) atoms. The highest BCUT2D eigenvalue weighted by Crippen LogP contribution is 2.37. The predicted molar refractivity (Wildman–Crippen MR) is 114 cm³/mol. The predicted octanol–water partition coefficient (Wildman–Crippen LogP) is 4.74. The van der Waals surface area contributed by atoms with E-state index in [1.165, 1.54) is 6.39 Å². The van der Waals surface area contributed by atoms with Crippen molar-refractivity contribution in [1.29, 1.82) is 0 Å². The van der Waals surface area contributed by atoms with Gasteiger partial charge in [-0.25, -0.2) is 0 Å². The fourth-order valence-electron chi connectivity index (χ4n) is 3.17. The van der Waals surface area contributed by atoms with Crippen molar-refractivity contribution in [3.8, 4) is 28.6 Å². The van der Waals surface area contributed by atoms with Crippen molar-refractivity contribution in [2.45, 2.75) is 19.4 Å². The first-order valence-electron chi connectivity index (χ1n) is 8.96. The van der Waals surface area contributed by atoms with Crippen molar-refractivity contribution in [1.82, 2.24) is 25.0 Å². The van der Waals surface area contributed by atoms with E-state index in [9.17, 15) is 0 Å². The summed E-state index contributed by atoms with van der Waals surface area (Å²) in [5.41, 5.74) is 6.82. The number of nitrogens with zero attached hydrogens (tertiary/aromatic N) is 5. The van der Waals surface area contributed by atoms with E-state index in [4.69, 9.17) is 38.1 Å². The normalized spacial score (nSPS) is 11.6. The summed E-state index contributed by atoms with van der Waals surface area (Å²) in [7, 11) is 1.85. The van der Waals surface area contributed by atoms with Crippen LogP contribution in [0.15, 0.2) is 47.2 Å². The van der Waals surface area contributed by atoms with Gasteiger partial charge in [0.05, 0.1) is 10.6 Å². The maximum atomic E-state index is 6.35. The first-order chi connectivity index (χ1) is 14.3. The second kappa shape index (κ2) is 7.62. The fourth-order valence-corrected chi connectivity index (χ4v) is 3.62. The molecular weight excluding hydrogens is 427 g/mol. The second-order valence-corrected chi connectivity index (χ2v) is 7.99. The number of nitrogen functional groups attached to an aromatic ring is 1. The van der Waals surface area contributed by atoms with E-state index in [1.54, 1.807) is 30.3 Å². The topological polar surface area (TPSA) is 105 Å². The summed E-state index contributed by atoms with van der Waals surface area (Å²) >= 11 is 12.5. The molecule has 0 fully saturated rings. The summed E-state index contributed by atoms with van der Waals surface area (Å²) < 4.78 is 13.5. The van der Waals surface area contributed by atoms with E-state index < -0.39 is 5.60 Å². The van der Waals surface area contributed by atoms with Crippen LogP contribution in [-0.4, -0.2) is 25.0 Å². The number of anilines is 1. The fraction of sp³-hybridized carbons (Fsp3) is 0.200. The molecular formula is C20H18Cl2N6O2. The van der Waals surface area contributed by atoms with Gasteiger partial charge in [-0.3, -0.25) is 0 Å². The lowest BCUT2D eigenvalue weighted by molar-refractivity contribution is 0.0955. The number of halogens is 2. The summed E-state index contributed by atoms with van der Waals surface area (Å²) in [5, 5.41) is 17.4. The molecule has 2 aromatic heterocycles. The third-order valence-electron chi connectivity index (χ3n) is 4.54. The molecule has 0 aliphatic carbocycles. The van der Waals surface area contributed by atoms with Gasteiger partial charge in [-0.15, -0.1) is 20.4 Å². The Hall–Kier alpha value is -3.10. The van der Waals surface area contributed by atoms with Gasteiger partial charge in [-0.05, 0) is 50.2 Å². The van der Waals surface area contributed by atoms with Gasteiger partial charge >= 0.3 is 0 Å². The van der Waals surface area contributed by atoms with Crippen molar-refractivity contribution in [2.24, 2.45) is 7.05 Å². The maximum Gasteiger partial charge on any atom is 0.251 e. The molecule has 0 aliphatic heterocycles. The maximum absolute atomic E-state index is 6.35. The smallest absolute Gasteiger partial charge is 0.251 e. The van der Waals surface area contributed by atoms with Crippen LogP contribution in [0.4, 0.5) is 5.69 Å². The molecule has 0 unspecified atom stereocenters. The average molecular weight is 445 g/mol. The van der Waals surface area contributed by atoms with Gasteiger partial charge < -0.3 is 19.5 Å². The monoisotopic (exact) mass is 444 g/mol. The van der Waals surface area contributed by atoms with Gasteiger partial charge in [0.25, 0.3) is 5.89 Å². The molecule has 2 N–H and O–H groups in total. The Morgan fingerprint density at radius 2 is 1.83 bits per heavy atom. The summed E-state index contributed by atoms with van der Waals surface area (Å²) in [6.07, 6.45) is 1.25. The van der Waals surface area contributed by atoms with E-state index in [0.717, 1.165) is 5.56 Å². The summed E-state index contributed by atoms with van der Waals surface area (Å²) in [5.74, 6) is 2.01. The Morgan fingerprint density at radius 1 is 1.03 bits per heavy atom. The molecule has 0 bridgehead atoms. The molecule has 10 heteroatoms. The number of nitrogens with two attached hydrogens (primary N) is 1. The minimum Gasteiger partial charge on any atom is -0.479 e. The summed E-state index contributed by atoms with van der Waals surface area (Å²) in [4.78, 5) is 0. The summed E-state index contributed by atoms with van der Waals surface area (Å²) in [6, 6.07) is 10.4. The molecule has 2 heterocycles. The van der Waals surface area contributed by atoms with Gasteiger partial charge in [0.1, 0.15) is 5.75 Å². The first kappa shape index (κ1) is 20.2. The second-order valence-electron chi connectivity index (χ2n) is 7.14. The van der Waals surface area contributed by atoms with Gasteiger partial charge in [-0.1, -0.05) is 23.2 Å². The lowest BCUT2D eigenvalue weighted by Gasteiger charge is -2.26. The van der Waals surface area contributed by atoms with Crippen molar-refractivity contribution in [3.63, 3.8) is 0 Å². The van der Waals surface area contributed by atoms with Crippen molar-refractivity contribution >= 4 is 28.9 Å². The number of rotatable bonds is 5. The molecule has 0 saturated heterocycles. The Bertz CT molecular complexity index is 1200. The van der Waals surface area contributed by atoms with Crippen LogP contribution in [0.3, 0.4) is 0 Å². The minimum absolute atomic E-state index is 0.301. The molecule has 4 aromatic rings. The number of hydrogen-bond donors (Lipinski definition) is 1. The zero-order chi connectivity index (χ0) is 21.5. The van der Waals surface area contributed by atoms with E-state index >= 15 is 0 Å². The number of ether oxygens (including phenoxy) is 1. The van der Waals surface area contributed by atoms with Crippen LogP contribution in [-0.2, 0) is 12.6 Å². The van der Waals surface area contributed by atoms with E-state index in [0.29, 0.717) is 44.6 Å². The average Bonchev–Trinajstić information content (AvgIpc) is 3.34. The Kier molecular flexibility index (Phi) is 5.13. The van der Waals surface area contributed by atoms with Crippen LogP contribution in [0.1, 0.15) is 19.7 Å². The Labute approximate surface area is 182 Å². The highest BCUT2D eigenvalue weighted by atomic mass is 35.5. The standard InChI is InChI=1S/C20H18Cl2N6O2/c1-20(2,30-16-7-4-11(21)8-14(16)18-26-24-10-29-18)19-27-25-17(28(19)3)13-6-5-12(23)9-15(13)22/h4-10H,23H2,1-3H3. The van der Waals surface area contributed by atoms with Gasteiger partial charge in [0, 0.05) is 23.3 Å². The highest BCUT2D eigenvalue weighted by Gasteiger charge is 2.31. The van der Waals surface area contributed by atoms with E-state index in [2.05, 4.69) is 20.4 Å². The first-order valence-corrected chi connectivity index (χ1v) is 9.72. The van der Waals surface area contributed by atoms with Crippen molar-refractivity contribution < 1.29 is 9.15 Å². The lowest BCUT2D eigenvalue weighted by Crippen LogP contribution is -2.29. The van der Waals surface area contributed by atoms with Gasteiger partial charge in [0.15, 0.2) is 17.2 Å². The molecule has 2 aromatic carbocycles. The Morgan fingerprint density at radius 3 is 2.53 bits per heavy atom. The highest BCUT2D eigenvalue weighted by molar-refractivity contribution is 6.33. The van der Waals surface area contributed by atoms with Crippen molar-refractivity contribution in [2.75, 3.05) is 5.73 Å². The molecule has 4 rings (SSSR count). The molecule has 0 radical (unpaired) electrons. The molecule has 0 spiro atoms. The molecule has 0 aliphatic rings. The van der Waals surface area contributed by atoms with Crippen LogP contribution in [0, 0.1) is 0 Å². The number of benzene rings is 2. The van der Waals surface area contributed by atoms with E-state index in [-0.39, 0.29) is 0 Å². The van der Waals surface area contributed by atoms with Crippen molar-refractivity contribution in [3.05, 3.63) is 58.7 Å². The molecule has 154 valence electrons. The molecule has 0 amide bonds. The third kappa shape index (κ3) is 3.71. The number of hydrogen-bond acceptors (Lipinski definition) is 7. The molecule has 8 nitrogen and oxygen atoms in total. The molecule has 0 atom stereocenters. The summed E-state index contributed by atoms with van der Waals surface area (Å²) in [6.45, 7) is 3.77. The largest absolute Gasteiger partial charge is 0.479 e. The quantitative estimate of drug-likeness (QED) is 0.443. The third-order valence-corrected chi connectivity index (χ3v) is 5.09.